The highest BCUT2D eigenvalue weighted by molar-refractivity contribution is 6.30. The average Bonchev–Trinajstić information content (AvgIpc) is 2.81. The molecular weight excluding hydrogens is 346 g/mol. The van der Waals surface area contributed by atoms with Gasteiger partial charge in [-0.3, -0.25) is 14.4 Å². The SMILES string of the molecule is Cc1nn(-c2ccc(Cl)cc2)c(C)c1CC(=O)NC(C(N)=O)C(N)=O. The molecule has 0 spiro atoms. The van der Waals surface area contributed by atoms with Gasteiger partial charge in [-0.2, -0.15) is 5.10 Å². The average molecular weight is 364 g/mol. The largest absolute Gasteiger partial charge is 0.367 e. The number of benzene rings is 1. The molecule has 1 heterocycles. The number of amides is 3. The lowest BCUT2D eigenvalue weighted by Crippen LogP contribution is -2.52. The lowest BCUT2D eigenvalue weighted by atomic mass is 10.1. The fraction of sp³-hybridized carbons (Fsp3) is 0.250. The van der Waals surface area contributed by atoms with E-state index < -0.39 is 23.8 Å². The van der Waals surface area contributed by atoms with Crippen molar-refractivity contribution in [2.45, 2.75) is 26.3 Å². The van der Waals surface area contributed by atoms with E-state index in [9.17, 15) is 14.4 Å². The summed E-state index contributed by atoms with van der Waals surface area (Å²) in [4.78, 5) is 34.5. The Bertz CT molecular complexity index is 815. The molecule has 3 amide bonds. The molecule has 2 aromatic rings. The number of rotatable bonds is 6. The maximum atomic E-state index is 12.1. The molecule has 0 unspecified atom stereocenters. The molecule has 5 N–H and O–H groups in total. The second-order valence-corrected chi connectivity index (χ2v) is 5.96. The first-order chi connectivity index (χ1) is 11.7. The van der Waals surface area contributed by atoms with Gasteiger partial charge in [0.15, 0.2) is 6.04 Å². The molecule has 25 heavy (non-hydrogen) atoms. The Morgan fingerprint density at radius 2 is 1.72 bits per heavy atom. The Morgan fingerprint density at radius 1 is 1.16 bits per heavy atom. The van der Waals surface area contributed by atoms with Crippen LogP contribution >= 0.6 is 11.6 Å². The molecule has 0 aliphatic rings. The Hall–Kier alpha value is -2.87. The minimum absolute atomic E-state index is 0.0671. The summed E-state index contributed by atoms with van der Waals surface area (Å²) in [6, 6.07) is 5.55. The van der Waals surface area contributed by atoms with Crippen LogP contribution in [-0.2, 0) is 20.8 Å². The zero-order valence-electron chi connectivity index (χ0n) is 13.7. The van der Waals surface area contributed by atoms with E-state index in [1.807, 2.05) is 19.1 Å². The number of nitrogens with one attached hydrogen (secondary N) is 1. The van der Waals surface area contributed by atoms with Gasteiger partial charge in [0, 0.05) is 16.3 Å². The van der Waals surface area contributed by atoms with Crippen LogP contribution < -0.4 is 16.8 Å². The van der Waals surface area contributed by atoms with Gasteiger partial charge in [0.25, 0.3) is 0 Å². The van der Waals surface area contributed by atoms with Crippen molar-refractivity contribution >= 4 is 29.3 Å². The third-order valence-corrected chi connectivity index (χ3v) is 3.98. The van der Waals surface area contributed by atoms with Crippen molar-refractivity contribution < 1.29 is 14.4 Å². The van der Waals surface area contributed by atoms with Crippen LogP contribution in [0.5, 0.6) is 0 Å². The lowest BCUT2D eigenvalue weighted by Gasteiger charge is -2.12. The number of carbonyl (C=O) groups is 3. The number of nitrogens with zero attached hydrogens (tertiary/aromatic N) is 2. The molecule has 9 heteroatoms. The Kier molecular flexibility index (Phi) is 5.43. The lowest BCUT2D eigenvalue weighted by molar-refractivity contribution is -0.133. The molecule has 0 atom stereocenters. The topological polar surface area (TPSA) is 133 Å². The van der Waals surface area contributed by atoms with Crippen LogP contribution in [-0.4, -0.2) is 33.5 Å². The van der Waals surface area contributed by atoms with Crippen molar-refractivity contribution in [2.24, 2.45) is 11.5 Å². The van der Waals surface area contributed by atoms with E-state index in [0.29, 0.717) is 16.3 Å². The quantitative estimate of drug-likeness (QED) is 0.629. The second kappa shape index (κ2) is 7.35. The van der Waals surface area contributed by atoms with Crippen molar-refractivity contribution in [2.75, 3.05) is 0 Å². The summed E-state index contributed by atoms with van der Waals surface area (Å²) in [5.41, 5.74) is 13.0. The zero-order chi connectivity index (χ0) is 18.7. The normalized spacial score (nSPS) is 10.7. The molecule has 1 aromatic heterocycles. The maximum absolute atomic E-state index is 12.1. The summed E-state index contributed by atoms with van der Waals surface area (Å²) >= 11 is 5.89. The summed E-state index contributed by atoms with van der Waals surface area (Å²) in [6.07, 6.45) is -0.0671. The van der Waals surface area contributed by atoms with E-state index in [-0.39, 0.29) is 6.42 Å². The summed E-state index contributed by atoms with van der Waals surface area (Å²) in [5.74, 6) is -2.57. The van der Waals surface area contributed by atoms with Gasteiger partial charge in [-0.05, 0) is 38.1 Å². The van der Waals surface area contributed by atoms with Gasteiger partial charge in [-0.1, -0.05) is 11.6 Å². The number of aryl methyl sites for hydroxylation is 1. The third kappa shape index (κ3) is 4.16. The Balaban J connectivity index is 2.23. The summed E-state index contributed by atoms with van der Waals surface area (Å²) in [6.45, 7) is 3.58. The molecule has 0 saturated carbocycles. The number of nitrogens with two attached hydrogens (primary N) is 2. The molecule has 0 aliphatic carbocycles. The predicted octanol–water partition coefficient (Wildman–Crippen LogP) is 0.140. The Labute approximate surface area is 149 Å². The van der Waals surface area contributed by atoms with Crippen molar-refractivity contribution in [3.63, 3.8) is 0 Å². The standard InChI is InChI=1S/C16H18ClN5O3/c1-8-12(7-13(23)20-14(15(18)24)16(19)25)9(2)22(21-8)11-5-3-10(17)4-6-11/h3-6,14H,7H2,1-2H3,(H2,18,24)(H2,19,25)(H,20,23). The fourth-order valence-electron chi connectivity index (χ4n) is 2.42. The van der Waals surface area contributed by atoms with Crippen LogP contribution in [0.4, 0.5) is 0 Å². The van der Waals surface area contributed by atoms with Gasteiger partial charge >= 0.3 is 0 Å². The van der Waals surface area contributed by atoms with E-state index >= 15 is 0 Å². The minimum Gasteiger partial charge on any atom is -0.367 e. The molecule has 132 valence electrons. The zero-order valence-corrected chi connectivity index (χ0v) is 14.5. The molecular formula is C16H18ClN5O3. The molecule has 0 bridgehead atoms. The smallest absolute Gasteiger partial charge is 0.249 e. The van der Waals surface area contributed by atoms with Crippen molar-refractivity contribution in [1.82, 2.24) is 15.1 Å². The molecule has 8 nitrogen and oxygen atoms in total. The van der Waals surface area contributed by atoms with E-state index in [4.69, 9.17) is 23.1 Å². The van der Waals surface area contributed by atoms with Gasteiger partial charge < -0.3 is 16.8 Å². The fourth-order valence-corrected chi connectivity index (χ4v) is 2.55. The van der Waals surface area contributed by atoms with Crippen molar-refractivity contribution in [3.8, 4) is 5.69 Å². The molecule has 0 radical (unpaired) electrons. The maximum Gasteiger partial charge on any atom is 0.249 e. The molecule has 1 aromatic carbocycles. The number of carbonyl (C=O) groups excluding carboxylic acids is 3. The highest BCUT2D eigenvalue weighted by Crippen LogP contribution is 2.20. The van der Waals surface area contributed by atoms with Gasteiger partial charge in [0.05, 0.1) is 17.8 Å². The van der Waals surface area contributed by atoms with Crippen molar-refractivity contribution in [1.29, 1.82) is 0 Å². The summed E-state index contributed by atoms with van der Waals surface area (Å²) in [7, 11) is 0. The monoisotopic (exact) mass is 363 g/mol. The number of halogens is 1. The first-order valence-corrected chi connectivity index (χ1v) is 7.77. The van der Waals surface area contributed by atoms with Crippen LogP contribution in [0.2, 0.25) is 5.02 Å². The molecule has 0 saturated heterocycles. The van der Waals surface area contributed by atoms with Crippen LogP contribution in [0, 0.1) is 13.8 Å². The molecule has 0 aliphatic heterocycles. The minimum atomic E-state index is -1.54. The number of hydrogen-bond donors (Lipinski definition) is 3. The summed E-state index contributed by atoms with van der Waals surface area (Å²) in [5, 5.41) is 7.26. The van der Waals surface area contributed by atoms with Gasteiger partial charge in [-0.25, -0.2) is 4.68 Å². The molecule has 2 rings (SSSR count). The highest BCUT2D eigenvalue weighted by atomic mass is 35.5. The molecule has 0 fully saturated rings. The number of aromatic nitrogens is 2. The summed E-state index contributed by atoms with van der Waals surface area (Å²) < 4.78 is 1.69. The third-order valence-electron chi connectivity index (χ3n) is 3.72. The number of primary amides is 2. The Morgan fingerprint density at radius 3 is 2.24 bits per heavy atom. The first-order valence-electron chi connectivity index (χ1n) is 7.39. The van der Waals surface area contributed by atoms with E-state index in [1.54, 1.807) is 23.7 Å². The first kappa shape index (κ1) is 18.5. The van der Waals surface area contributed by atoms with E-state index in [2.05, 4.69) is 10.4 Å². The van der Waals surface area contributed by atoms with E-state index in [1.165, 1.54) is 0 Å². The van der Waals surface area contributed by atoms with Crippen LogP contribution in [0.25, 0.3) is 5.69 Å². The second-order valence-electron chi connectivity index (χ2n) is 5.52. The van der Waals surface area contributed by atoms with E-state index in [0.717, 1.165) is 11.4 Å². The van der Waals surface area contributed by atoms with Crippen LogP contribution in [0.1, 0.15) is 17.0 Å². The van der Waals surface area contributed by atoms with Crippen LogP contribution in [0.3, 0.4) is 0 Å². The number of hydrogen-bond acceptors (Lipinski definition) is 4. The van der Waals surface area contributed by atoms with Gasteiger partial charge in [0.2, 0.25) is 17.7 Å². The van der Waals surface area contributed by atoms with Gasteiger partial charge in [-0.15, -0.1) is 0 Å². The van der Waals surface area contributed by atoms with Crippen molar-refractivity contribution in [3.05, 3.63) is 46.2 Å². The predicted molar refractivity (Wildman–Crippen MR) is 92.1 cm³/mol. The van der Waals surface area contributed by atoms with Crippen LogP contribution in [0.15, 0.2) is 24.3 Å². The highest BCUT2D eigenvalue weighted by Gasteiger charge is 2.25. The van der Waals surface area contributed by atoms with Gasteiger partial charge in [0.1, 0.15) is 0 Å².